The molecule has 0 bridgehead atoms. The Kier molecular flexibility index (Phi) is 5.56. The number of ether oxygens (including phenoxy) is 1. The van der Waals surface area contributed by atoms with Gasteiger partial charge < -0.3 is 4.74 Å². The number of hydrogen-bond acceptors (Lipinski definition) is 5. The van der Waals surface area contributed by atoms with Crippen LogP contribution >= 0.6 is 0 Å². The third-order valence-corrected chi connectivity index (χ3v) is 5.91. The van der Waals surface area contributed by atoms with Gasteiger partial charge in [-0.2, -0.15) is 0 Å². The van der Waals surface area contributed by atoms with Crippen LogP contribution in [0.5, 0.6) is 5.75 Å². The number of nitrogens with zero attached hydrogens (tertiary/aromatic N) is 2. The van der Waals surface area contributed by atoms with Crippen molar-refractivity contribution in [3.8, 4) is 5.75 Å². The molecule has 3 atom stereocenters. The molecule has 6 nitrogen and oxygen atoms in total. The van der Waals surface area contributed by atoms with Crippen LogP contribution in [-0.4, -0.2) is 24.5 Å². The van der Waals surface area contributed by atoms with Crippen molar-refractivity contribution >= 4 is 23.2 Å². The van der Waals surface area contributed by atoms with Crippen LogP contribution in [0.25, 0.3) is 0 Å². The Morgan fingerprint density at radius 1 is 0.879 bits per heavy atom. The SMILES string of the molecule is CCCOc1ccc(N2C(=O)[C@@H]3[C@@H](c4ccc(F)cc4)N(c4ccccc4)O[C@H]3C2=O)cc1. The van der Waals surface area contributed by atoms with E-state index < -0.39 is 24.0 Å². The molecule has 168 valence electrons. The first-order valence-electron chi connectivity index (χ1n) is 11.0. The van der Waals surface area contributed by atoms with Crippen LogP contribution in [0.1, 0.15) is 24.9 Å². The minimum absolute atomic E-state index is 0.347. The van der Waals surface area contributed by atoms with E-state index in [1.165, 1.54) is 17.0 Å². The van der Waals surface area contributed by atoms with Gasteiger partial charge in [-0.25, -0.2) is 14.4 Å². The summed E-state index contributed by atoms with van der Waals surface area (Å²) in [6.45, 7) is 2.61. The van der Waals surface area contributed by atoms with E-state index in [1.54, 1.807) is 41.5 Å². The van der Waals surface area contributed by atoms with Crippen molar-refractivity contribution in [1.82, 2.24) is 0 Å². The summed E-state index contributed by atoms with van der Waals surface area (Å²) in [7, 11) is 0. The van der Waals surface area contributed by atoms with Gasteiger partial charge in [0.15, 0.2) is 6.10 Å². The number of hydroxylamine groups is 1. The zero-order valence-corrected chi connectivity index (χ0v) is 18.1. The summed E-state index contributed by atoms with van der Waals surface area (Å²) in [5.74, 6) is -1.23. The lowest BCUT2D eigenvalue weighted by Gasteiger charge is -2.28. The Hall–Kier alpha value is -3.71. The average molecular weight is 446 g/mol. The Balaban J connectivity index is 1.49. The quantitative estimate of drug-likeness (QED) is 0.515. The Bertz CT molecular complexity index is 1150. The summed E-state index contributed by atoms with van der Waals surface area (Å²) >= 11 is 0. The van der Waals surface area contributed by atoms with Crippen molar-refractivity contribution in [1.29, 1.82) is 0 Å². The number of hydrogen-bond donors (Lipinski definition) is 0. The first kappa shape index (κ1) is 21.2. The van der Waals surface area contributed by atoms with Gasteiger partial charge in [-0.1, -0.05) is 37.3 Å². The fourth-order valence-electron chi connectivity index (χ4n) is 4.38. The molecule has 0 aromatic heterocycles. The molecule has 7 heteroatoms. The standard InChI is InChI=1S/C26H23FN2O4/c1-2-16-32-21-14-12-19(13-15-21)28-25(30)22-23(17-8-10-18(27)11-9-17)29(33-24(22)26(28)31)20-6-4-3-5-7-20/h3-15,22-24H,2,16H2,1H3/t22-,23-,24-/m1/s1. The van der Waals surface area contributed by atoms with Crippen LogP contribution in [0.3, 0.4) is 0 Å². The predicted molar refractivity (Wildman–Crippen MR) is 121 cm³/mol. The minimum atomic E-state index is -0.969. The first-order chi connectivity index (χ1) is 16.1. The second-order valence-corrected chi connectivity index (χ2v) is 8.06. The van der Waals surface area contributed by atoms with Gasteiger partial charge in [-0.05, 0) is 60.5 Å². The Morgan fingerprint density at radius 3 is 2.24 bits per heavy atom. The number of para-hydroxylation sites is 1. The molecular formula is C26H23FN2O4. The highest BCUT2D eigenvalue weighted by Crippen LogP contribution is 2.47. The maximum absolute atomic E-state index is 13.6. The highest BCUT2D eigenvalue weighted by molar-refractivity contribution is 6.23. The fraction of sp³-hybridized carbons (Fsp3) is 0.231. The molecule has 5 rings (SSSR count). The number of halogens is 1. The lowest BCUT2D eigenvalue weighted by Crippen LogP contribution is -2.37. The lowest BCUT2D eigenvalue weighted by atomic mass is 9.90. The molecule has 2 heterocycles. The van der Waals surface area contributed by atoms with Crippen molar-refractivity contribution in [2.75, 3.05) is 16.6 Å². The topological polar surface area (TPSA) is 59.1 Å². The zero-order chi connectivity index (χ0) is 22.9. The van der Waals surface area contributed by atoms with Crippen LogP contribution in [-0.2, 0) is 14.4 Å². The van der Waals surface area contributed by atoms with E-state index in [-0.39, 0.29) is 11.7 Å². The molecule has 3 aromatic rings. The molecule has 2 aliphatic rings. The van der Waals surface area contributed by atoms with Gasteiger partial charge >= 0.3 is 0 Å². The van der Waals surface area contributed by atoms with Crippen LogP contribution in [0.2, 0.25) is 0 Å². The Morgan fingerprint density at radius 2 is 1.58 bits per heavy atom. The molecule has 3 aromatic carbocycles. The van der Waals surface area contributed by atoms with Crippen LogP contribution in [0, 0.1) is 11.7 Å². The van der Waals surface area contributed by atoms with Gasteiger partial charge in [0.25, 0.3) is 5.91 Å². The van der Waals surface area contributed by atoms with E-state index in [4.69, 9.17) is 9.57 Å². The van der Waals surface area contributed by atoms with Gasteiger partial charge in [0, 0.05) is 0 Å². The van der Waals surface area contributed by atoms with Crippen LogP contribution in [0.4, 0.5) is 15.8 Å². The second kappa shape index (κ2) is 8.67. The van der Waals surface area contributed by atoms with Crippen molar-refractivity contribution in [3.63, 3.8) is 0 Å². The summed E-state index contributed by atoms with van der Waals surface area (Å²) in [5, 5.41) is 1.59. The van der Waals surface area contributed by atoms with Crippen LogP contribution < -0.4 is 14.7 Å². The number of amides is 2. The van der Waals surface area contributed by atoms with E-state index in [0.29, 0.717) is 29.3 Å². The molecule has 0 saturated carbocycles. The zero-order valence-electron chi connectivity index (χ0n) is 18.1. The molecule has 0 unspecified atom stereocenters. The maximum Gasteiger partial charge on any atom is 0.266 e. The average Bonchev–Trinajstić information content (AvgIpc) is 3.35. The largest absolute Gasteiger partial charge is 0.494 e. The van der Waals surface area contributed by atoms with E-state index in [9.17, 15) is 14.0 Å². The number of anilines is 2. The molecule has 0 spiro atoms. The summed E-state index contributed by atoms with van der Waals surface area (Å²) in [6, 6.07) is 21.5. The predicted octanol–water partition coefficient (Wildman–Crippen LogP) is 4.67. The van der Waals surface area contributed by atoms with Crippen molar-refractivity contribution in [3.05, 3.63) is 90.2 Å². The second-order valence-electron chi connectivity index (χ2n) is 8.06. The summed E-state index contributed by atoms with van der Waals surface area (Å²) in [5.41, 5.74) is 1.88. The van der Waals surface area contributed by atoms with E-state index in [1.807, 2.05) is 37.3 Å². The van der Waals surface area contributed by atoms with Gasteiger partial charge in [0.2, 0.25) is 5.91 Å². The first-order valence-corrected chi connectivity index (χ1v) is 11.0. The van der Waals surface area contributed by atoms with Gasteiger partial charge in [-0.3, -0.25) is 14.4 Å². The summed E-state index contributed by atoms with van der Waals surface area (Å²) in [4.78, 5) is 34.2. The highest BCUT2D eigenvalue weighted by atomic mass is 19.1. The number of carbonyl (C=O) groups excluding carboxylic acids is 2. The van der Waals surface area contributed by atoms with Gasteiger partial charge in [0.05, 0.1) is 24.0 Å². The lowest BCUT2D eigenvalue weighted by molar-refractivity contribution is -0.126. The number of rotatable bonds is 6. The molecule has 2 aliphatic heterocycles. The van der Waals surface area contributed by atoms with E-state index in [2.05, 4.69) is 0 Å². The van der Waals surface area contributed by atoms with E-state index in [0.717, 1.165) is 6.42 Å². The van der Waals surface area contributed by atoms with Crippen LogP contribution in [0.15, 0.2) is 78.9 Å². The molecule has 0 N–H and O–H groups in total. The van der Waals surface area contributed by atoms with Crippen molar-refractivity contribution in [2.45, 2.75) is 25.5 Å². The number of imide groups is 1. The third kappa shape index (κ3) is 3.74. The highest BCUT2D eigenvalue weighted by Gasteiger charge is 2.60. The maximum atomic E-state index is 13.6. The molecule has 2 fully saturated rings. The third-order valence-electron chi connectivity index (χ3n) is 5.91. The molecule has 0 aliphatic carbocycles. The minimum Gasteiger partial charge on any atom is -0.494 e. The smallest absolute Gasteiger partial charge is 0.266 e. The fourth-order valence-corrected chi connectivity index (χ4v) is 4.38. The molecule has 0 radical (unpaired) electrons. The number of fused-ring (bicyclic) bond motifs is 1. The van der Waals surface area contributed by atoms with Crippen molar-refractivity contribution in [2.24, 2.45) is 5.92 Å². The normalized spacial score (nSPS) is 22.1. The molecule has 33 heavy (non-hydrogen) atoms. The molecule has 2 saturated heterocycles. The summed E-state index contributed by atoms with van der Waals surface area (Å²) < 4.78 is 19.2. The monoisotopic (exact) mass is 446 g/mol. The Labute approximate surface area is 191 Å². The molecule has 2 amide bonds. The molecular weight excluding hydrogens is 423 g/mol. The number of carbonyl (C=O) groups is 2. The van der Waals surface area contributed by atoms with Crippen molar-refractivity contribution < 1.29 is 23.6 Å². The summed E-state index contributed by atoms with van der Waals surface area (Å²) in [6.07, 6.45) is -0.0856. The van der Waals surface area contributed by atoms with E-state index >= 15 is 0 Å². The van der Waals surface area contributed by atoms with Gasteiger partial charge in [0.1, 0.15) is 17.5 Å². The van der Waals surface area contributed by atoms with Gasteiger partial charge in [-0.15, -0.1) is 0 Å². The number of benzene rings is 3.